The van der Waals surface area contributed by atoms with E-state index in [4.69, 9.17) is 4.74 Å². The van der Waals surface area contributed by atoms with Crippen molar-refractivity contribution in [2.75, 3.05) is 12.9 Å². The molecule has 0 fully saturated rings. The molecule has 4 aromatic rings. The predicted octanol–water partition coefficient (Wildman–Crippen LogP) is 4.28. The Morgan fingerprint density at radius 2 is 1.85 bits per heavy atom. The molecular formula is C25H24N6O2S. The van der Waals surface area contributed by atoms with Gasteiger partial charge in [0.1, 0.15) is 5.75 Å². The molecule has 2 aromatic heterocycles. The Kier molecular flexibility index (Phi) is 7.34. The van der Waals surface area contributed by atoms with Crippen molar-refractivity contribution in [2.45, 2.75) is 19.0 Å². The molecule has 172 valence electrons. The summed E-state index contributed by atoms with van der Waals surface area (Å²) in [6, 6.07) is 19.4. The minimum Gasteiger partial charge on any atom is -0.497 e. The summed E-state index contributed by atoms with van der Waals surface area (Å²) in [5.74, 6) is 1.34. The van der Waals surface area contributed by atoms with Gasteiger partial charge in [0.15, 0.2) is 11.0 Å². The molecule has 0 unspecified atom stereocenters. The molecule has 34 heavy (non-hydrogen) atoms. The third-order valence-electron chi connectivity index (χ3n) is 5.03. The van der Waals surface area contributed by atoms with Gasteiger partial charge in [-0.2, -0.15) is 5.10 Å². The lowest BCUT2D eigenvalue weighted by Gasteiger charge is -2.11. The number of aryl methyl sites for hydroxylation is 1. The predicted molar refractivity (Wildman–Crippen MR) is 133 cm³/mol. The number of ether oxygens (including phenoxy) is 1. The highest BCUT2D eigenvalue weighted by atomic mass is 32.2. The Balaban J connectivity index is 1.54. The van der Waals surface area contributed by atoms with E-state index in [-0.39, 0.29) is 11.7 Å². The second-order valence-corrected chi connectivity index (χ2v) is 8.41. The summed E-state index contributed by atoms with van der Waals surface area (Å²) in [7, 11) is 1.63. The van der Waals surface area contributed by atoms with E-state index in [1.54, 1.807) is 19.5 Å². The van der Waals surface area contributed by atoms with Crippen molar-refractivity contribution >= 4 is 23.4 Å². The highest BCUT2D eigenvalue weighted by Gasteiger charge is 2.17. The number of hydrogen-bond donors (Lipinski definition) is 1. The summed E-state index contributed by atoms with van der Waals surface area (Å²) in [5.41, 5.74) is 7.07. The molecule has 0 radical (unpaired) electrons. The van der Waals surface area contributed by atoms with Crippen molar-refractivity contribution < 1.29 is 9.53 Å². The number of aromatic nitrogens is 4. The van der Waals surface area contributed by atoms with E-state index in [1.807, 2.05) is 79.1 Å². The summed E-state index contributed by atoms with van der Waals surface area (Å²) >= 11 is 1.30. The fourth-order valence-corrected chi connectivity index (χ4v) is 3.91. The monoisotopic (exact) mass is 472 g/mol. The van der Waals surface area contributed by atoms with Crippen molar-refractivity contribution in [2.24, 2.45) is 5.10 Å². The molecule has 9 heteroatoms. The van der Waals surface area contributed by atoms with E-state index < -0.39 is 0 Å². The molecule has 0 saturated carbocycles. The van der Waals surface area contributed by atoms with E-state index in [9.17, 15) is 4.79 Å². The molecule has 1 N–H and O–H groups in total. The molecule has 0 saturated heterocycles. The standard InChI is InChI=1S/C25H24N6O2S/c1-17-6-10-21(11-7-17)31-24(19-8-12-22(33-3)13-9-19)29-30-25(31)34-16-23(32)28-27-18(2)20-5-4-14-26-15-20/h4-15H,16H2,1-3H3,(H,28,32)/b27-18-. The Morgan fingerprint density at radius 3 is 2.53 bits per heavy atom. The lowest BCUT2D eigenvalue weighted by Crippen LogP contribution is -2.21. The summed E-state index contributed by atoms with van der Waals surface area (Å²) in [5, 5.41) is 13.6. The van der Waals surface area contributed by atoms with Crippen LogP contribution in [-0.4, -0.2) is 44.2 Å². The third-order valence-corrected chi connectivity index (χ3v) is 5.96. The first-order valence-corrected chi connectivity index (χ1v) is 11.6. The Labute approximate surface area is 202 Å². The zero-order valence-electron chi connectivity index (χ0n) is 19.1. The molecule has 0 aliphatic carbocycles. The van der Waals surface area contributed by atoms with Gasteiger partial charge in [0.2, 0.25) is 0 Å². The van der Waals surface area contributed by atoms with Crippen molar-refractivity contribution in [1.82, 2.24) is 25.2 Å². The molecule has 0 aliphatic heterocycles. The van der Waals surface area contributed by atoms with E-state index >= 15 is 0 Å². The van der Waals surface area contributed by atoms with E-state index in [0.717, 1.165) is 28.1 Å². The maximum absolute atomic E-state index is 12.5. The Hall–Kier alpha value is -3.98. The molecule has 2 heterocycles. The van der Waals surface area contributed by atoms with Crippen molar-refractivity contribution in [3.05, 3.63) is 84.2 Å². The van der Waals surface area contributed by atoms with Crippen molar-refractivity contribution in [3.8, 4) is 22.8 Å². The lowest BCUT2D eigenvalue weighted by molar-refractivity contribution is -0.118. The first kappa shape index (κ1) is 23.2. The second-order valence-electron chi connectivity index (χ2n) is 7.47. The summed E-state index contributed by atoms with van der Waals surface area (Å²) in [6.07, 6.45) is 3.39. The quantitative estimate of drug-likeness (QED) is 0.234. The number of methoxy groups -OCH3 is 1. The largest absolute Gasteiger partial charge is 0.497 e. The van der Waals surface area contributed by atoms with Gasteiger partial charge in [-0.15, -0.1) is 10.2 Å². The fourth-order valence-electron chi connectivity index (χ4n) is 3.17. The maximum atomic E-state index is 12.5. The van der Waals surface area contributed by atoms with E-state index in [0.29, 0.717) is 16.7 Å². The number of amides is 1. The van der Waals surface area contributed by atoms with E-state index in [1.165, 1.54) is 11.8 Å². The molecule has 8 nitrogen and oxygen atoms in total. The molecule has 0 bridgehead atoms. The zero-order chi connectivity index (χ0) is 23.9. The SMILES string of the molecule is COc1ccc(-c2nnc(SCC(=O)N/N=C(/C)c3cccnc3)n2-c2ccc(C)cc2)cc1. The molecule has 1 amide bonds. The minimum absolute atomic E-state index is 0.135. The van der Waals surface area contributed by atoms with Crippen LogP contribution in [0.1, 0.15) is 18.1 Å². The molecule has 2 aromatic carbocycles. The van der Waals surface area contributed by atoms with Crippen LogP contribution in [0.15, 0.2) is 83.3 Å². The molecule has 0 spiro atoms. The summed E-state index contributed by atoms with van der Waals surface area (Å²) in [4.78, 5) is 16.5. The molecule has 4 rings (SSSR count). The number of benzene rings is 2. The summed E-state index contributed by atoms with van der Waals surface area (Å²) in [6.45, 7) is 3.86. The number of carbonyl (C=O) groups is 1. The van der Waals surface area contributed by atoms with Crippen molar-refractivity contribution in [3.63, 3.8) is 0 Å². The number of hydrogen-bond acceptors (Lipinski definition) is 7. The lowest BCUT2D eigenvalue weighted by atomic mass is 10.2. The van der Waals surface area contributed by atoms with Gasteiger partial charge in [0, 0.05) is 29.2 Å². The van der Waals surface area contributed by atoms with E-state index in [2.05, 4.69) is 25.7 Å². The first-order valence-electron chi connectivity index (χ1n) is 10.6. The number of nitrogens with one attached hydrogen (secondary N) is 1. The van der Waals surface area contributed by atoms with Crippen LogP contribution in [0.2, 0.25) is 0 Å². The normalized spacial score (nSPS) is 11.3. The van der Waals surface area contributed by atoms with Crippen LogP contribution >= 0.6 is 11.8 Å². The number of hydrazone groups is 1. The van der Waals surface area contributed by atoms with Crippen LogP contribution in [0.25, 0.3) is 17.1 Å². The van der Waals surface area contributed by atoms with Gasteiger partial charge in [0.05, 0.1) is 18.6 Å². The molecule has 0 atom stereocenters. The van der Waals surface area contributed by atoms with Crippen LogP contribution in [0.3, 0.4) is 0 Å². The van der Waals surface area contributed by atoms with Gasteiger partial charge in [-0.25, -0.2) is 5.43 Å². The smallest absolute Gasteiger partial charge is 0.250 e. The number of nitrogens with zero attached hydrogens (tertiary/aromatic N) is 5. The minimum atomic E-state index is -0.238. The van der Waals surface area contributed by atoms with Crippen LogP contribution in [0, 0.1) is 6.92 Å². The number of pyridine rings is 1. The second kappa shape index (κ2) is 10.8. The van der Waals surface area contributed by atoms with Gasteiger partial charge in [0.25, 0.3) is 5.91 Å². The summed E-state index contributed by atoms with van der Waals surface area (Å²) < 4.78 is 7.21. The molecule has 0 aliphatic rings. The average molecular weight is 473 g/mol. The fraction of sp³-hybridized carbons (Fsp3) is 0.160. The topological polar surface area (TPSA) is 94.3 Å². The Morgan fingerprint density at radius 1 is 1.09 bits per heavy atom. The average Bonchev–Trinajstić information content (AvgIpc) is 3.31. The van der Waals surface area contributed by atoms with Gasteiger partial charge in [-0.1, -0.05) is 35.5 Å². The third kappa shape index (κ3) is 5.49. The van der Waals surface area contributed by atoms with Crippen LogP contribution in [0.4, 0.5) is 0 Å². The van der Waals surface area contributed by atoms with Crippen molar-refractivity contribution in [1.29, 1.82) is 0 Å². The van der Waals surface area contributed by atoms with Gasteiger partial charge < -0.3 is 4.74 Å². The van der Waals surface area contributed by atoms with Crippen LogP contribution in [-0.2, 0) is 4.79 Å². The van der Waals surface area contributed by atoms with Crippen LogP contribution in [0.5, 0.6) is 5.75 Å². The molecular weight excluding hydrogens is 448 g/mol. The number of rotatable bonds is 8. The zero-order valence-corrected chi connectivity index (χ0v) is 19.9. The van der Waals surface area contributed by atoms with Gasteiger partial charge in [-0.3, -0.25) is 14.3 Å². The maximum Gasteiger partial charge on any atom is 0.250 e. The number of thioether (sulfide) groups is 1. The first-order chi connectivity index (χ1) is 16.5. The van der Waals surface area contributed by atoms with Gasteiger partial charge in [-0.05, 0) is 56.3 Å². The number of carbonyl (C=O) groups excluding carboxylic acids is 1. The van der Waals surface area contributed by atoms with Crippen LogP contribution < -0.4 is 10.2 Å². The Bertz CT molecular complexity index is 1290. The highest BCUT2D eigenvalue weighted by molar-refractivity contribution is 7.99. The van der Waals surface area contributed by atoms with Gasteiger partial charge >= 0.3 is 0 Å². The highest BCUT2D eigenvalue weighted by Crippen LogP contribution is 2.29.